The summed E-state index contributed by atoms with van der Waals surface area (Å²) in [5.41, 5.74) is 0. The van der Waals surface area contributed by atoms with Gasteiger partial charge in [-0.3, -0.25) is 0 Å². The first-order chi connectivity index (χ1) is 5.49. The van der Waals surface area contributed by atoms with Crippen LogP contribution < -0.4 is 3.71 Å². The van der Waals surface area contributed by atoms with Gasteiger partial charge in [0.1, 0.15) is 0 Å². The number of nitrogens with zero attached hydrogens (tertiary/aromatic N) is 2. The van der Waals surface area contributed by atoms with E-state index in [2.05, 4.69) is 30.7 Å². The fourth-order valence-electron chi connectivity index (χ4n) is 0.760. The zero-order chi connectivity index (χ0) is 9.19. The molecule has 64 valence electrons. The number of rotatable bonds is 1. The van der Waals surface area contributed by atoms with Crippen molar-refractivity contribution in [1.82, 2.24) is 9.97 Å². The van der Waals surface area contributed by atoms with Crippen molar-refractivity contribution in [1.29, 1.82) is 0 Å². The van der Waals surface area contributed by atoms with Crippen LogP contribution in [0.5, 0.6) is 0 Å². The van der Waals surface area contributed by atoms with Gasteiger partial charge < -0.3 is 0 Å². The Morgan fingerprint density at radius 3 is 2.58 bits per heavy atom. The van der Waals surface area contributed by atoms with Crippen molar-refractivity contribution in [2.24, 2.45) is 0 Å². The minimum atomic E-state index is -0.912. The molecule has 0 spiro atoms. The monoisotopic (exact) mass is 274 g/mol. The molecule has 0 saturated heterocycles. The second-order valence-electron chi connectivity index (χ2n) is 3.59. The van der Waals surface area contributed by atoms with E-state index < -0.39 is 21.1 Å². The Balaban J connectivity index is 2.83. The number of aromatic nitrogens is 2. The third-order valence-electron chi connectivity index (χ3n) is 1.16. The first kappa shape index (κ1) is 9.89. The molecular formula is C8H11FN2Sn. The Morgan fingerprint density at radius 2 is 2.08 bits per heavy atom. The fourth-order valence-corrected chi connectivity index (χ4v) is 3.66. The standard InChI is InChI=1S/C4H2FN2.C4H9.Sn/c5-4-1-6-3-7-2-4;1-4(2)3;/h1,3H;1-3H3;. The van der Waals surface area contributed by atoms with E-state index >= 15 is 0 Å². The number of halogens is 1. The zero-order valence-corrected chi connectivity index (χ0v) is 10.3. The molecule has 0 unspecified atom stereocenters. The summed E-state index contributed by atoms with van der Waals surface area (Å²) in [4.78, 5) is 7.57. The van der Waals surface area contributed by atoms with Gasteiger partial charge >= 0.3 is 81.8 Å². The van der Waals surface area contributed by atoms with Gasteiger partial charge in [0.05, 0.1) is 0 Å². The molecule has 1 heterocycles. The van der Waals surface area contributed by atoms with Gasteiger partial charge in [-0.15, -0.1) is 0 Å². The zero-order valence-electron chi connectivity index (χ0n) is 7.43. The van der Waals surface area contributed by atoms with Crippen LogP contribution in [-0.2, 0) is 0 Å². The van der Waals surface area contributed by atoms with Crippen molar-refractivity contribution in [3.8, 4) is 0 Å². The molecule has 1 aromatic rings. The predicted molar refractivity (Wildman–Crippen MR) is 47.1 cm³/mol. The van der Waals surface area contributed by atoms with Gasteiger partial charge in [-0.2, -0.15) is 0 Å². The van der Waals surface area contributed by atoms with Gasteiger partial charge in [-0.25, -0.2) is 0 Å². The normalized spacial score (nSPS) is 11.7. The summed E-state index contributed by atoms with van der Waals surface area (Å²) in [6.45, 7) is 6.38. The molecule has 2 nitrogen and oxygen atoms in total. The Kier molecular flexibility index (Phi) is 3.03. The predicted octanol–water partition coefficient (Wildman–Crippen LogP) is 1.16. The number of hydrogen-bond donors (Lipinski definition) is 0. The first-order valence-corrected chi connectivity index (χ1v) is 6.58. The molecule has 0 bridgehead atoms. The summed E-state index contributed by atoms with van der Waals surface area (Å²) < 4.78 is 13.9. The van der Waals surface area contributed by atoms with Crippen molar-refractivity contribution in [3.63, 3.8) is 0 Å². The molecule has 2 radical (unpaired) electrons. The summed E-state index contributed by atoms with van der Waals surface area (Å²) in [5.74, 6) is -0.237. The molecule has 0 atom stereocenters. The van der Waals surface area contributed by atoms with Crippen molar-refractivity contribution in [2.75, 3.05) is 0 Å². The molecule has 1 aromatic heterocycles. The summed E-state index contributed by atoms with van der Waals surface area (Å²) in [6.07, 6.45) is 2.67. The summed E-state index contributed by atoms with van der Waals surface area (Å²) in [7, 11) is 0. The number of hydrogen-bond acceptors (Lipinski definition) is 2. The molecule has 0 aliphatic rings. The molecule has 0 aliphatic heterocycles. The van der Waals surface area contributed by atoms with Gasteiger partial charge in [-0.1, -0.05) is 0 Å². The van der Waals surface area contributed by atoms with Crippen LogP contribution in [0.25, 0.3) is 0 Å². The van der Waals surface area contributed by atoms with Crippen LogP contribution in [0.1, 0.15) is 20.8 Å². The van der Waals surface area contributed by atoms with Crippen LogP contribution in [0.3, 0.4) is 0 Å². The van der Waals surface area contributed by atoms with E-state index in [-0.39, 0.29) is 9.25 Å². The third kappa shape index (κ3) is 3.05. The molecule has 0 aromatic carbocycles. The quantitative estimate of drug-likeness (QED) is 0.717. The van der Waals surface area contributed by atoms with Crippen molar-refractivity contribution < 1.29 is 4.39 Å². The molecule has 0 N–H and O–H groups in total. The maximum atomic E-state index is 13.0. The van der Waals surface area contributed by atoms with Gasteiger partial charge in [0.15, 0.2) is 0 Å². The summed E-state index contributed by atoms with van der Waals surface area (Å²) >= 11 is -0.912. The van der Waals surface area contributed by atoms with E-state index in [4.69, 9.17) is 0 Å². The Morgan fingerprint density at radius 1 is 1.42 bits per heavy atom. The van der Waals surface area contributed by atoms with E-state index in [0.717, 1.165) is 0 Å². The van der Waals surface area contributed by atoms with Crippen LogP contribution in [0, 0.1) is 5.82 Å². The van der Waals surface area contributed by atoms with E-state index in [9.17, 15) is 4.39 Å². The average molecular weight is 273 g/mol. The molecular weight excluding hydrogens is 262 g/mol. The second-order valence-corrected chi connectivity index (χ2v) is 9.94. The Hall–Kier alpha value is -0.191. The molecule has 1 rings (SSSR count). The SMILES string of the molecule is C[C](C)(C)[Sn][c]1ncncc1F. The van der Waals surface area contributed by atoms with Gasteiger partial charge in [0, 0.05) is 0 Å². The second kappa shape index (κ2) is 3.68. The molecule has 0 fully saturated rings. The van der Waals surface area contributed by atoms with E-state index in [1.165, 1.54) is 12.5 Å². The van der Waals surface area contributed by atoms with Crippen LogP contribution in [0.2, 0.25) is 3.43 Å². The van der Waals surface area contributed by atoms with Gasteiger partial charge in [0.25, 0.3) is 0 Å². The van der Waals surface area contributed by atoms with Gasteiger partial charge in [-0.05, 0) is 0 Å². The third-order valence-corrected chi connectivity index (χ3v) is 5.03. The molecule has 0 aliphatic carbocycles. The maximum absolute atomic E-state index is 13.0. The average Bonchev–Trinajstić information content (AvgIpc) is 1.91. The van der Waals surface area contributed by atoms with Crippen LogP contribution in [0.15, 0.2) is 12.5 Å². The van der Waals surface area contributed by atoms with Gasteiger partial charge in [0.2, 0.25) is 0 Å². The van der Waals surface area contributed by atoms with E-state index in [1.54, 1.807) is 0 Å². The van der Waals surface area contributed by atoms with Crippen molar-refractivity contribution in [2.45, 2.75) is 24.2 Å². The Bertz CT molecular complexity index is 270. The van der Waals surface area contributed by atoms with Crippen LogP contribution in [-0.4, -0.2) is 31.1 Å². The molecule has 0 amide bonds. The fraction of sp³-hybridized carbons (Fsp3) is 0.500. The summed E-state index contributed by atoms with van der Waals surface area (Å²) in [5, 5.41) is 0. The first-order valence-electron chi connectivity index (χ1n) is 3.73. The topological polar surface area (TPSA) is 25.8 Å². The summed E-state index contributed by atoms with van der Waals surface area (Å²) in [6, 6.07) is 0. The van der Waals surface area contributed by atoms with Crippen LogP contribution in [0.4, 0.5) is 4.39 Å². The van der Waals surface area contributed by atoms with Crippen molar-refractivity contribution >= 4 is 24.9 Å². The van der Waals surface area contributed by atoms with E-state index in [0.29, 0.717) is 3.71 Å². The van der Waals surface area contributed by atoms with Crippen molar-refractivity contribution in [3.05, 3.63) is 18.3 Å². The van der Waals surface area contributed by atoms with E-state index in [1.807, 2.05) is 0 Å². The Labute approximate surface area is 81.8 Å². The molecule has 4 heteroatoms. The molecule has 0 saturated carbocycles. The van der Waals surface area contributed by atoms with Crippen LogP contribution >= 0.6 is 0 Å². The molecule has 12 heavy (non-hydrogen) atoms. The minimum absolute atomic E-state index is 0.235.